The molecule has 3 amide bonds. The lowest BCUT2D eigenvalue weighted by Gasteiger charge is -2.33. The van der Waals surface area contributed by atoms with Crippen molar-refractivity contribution in [2.24, 2.45) is 5.92 Å². The first kappa shape index (κ1) is 23.9. The number of amides is 3. The van der Waals surface area contributed by atoms with Crippen LogP contribution >= 0.6 is 0 Å². The van der Waals surface area contributed by atoms with Crippen molar-refractivity contribution in [3.8, 4) is 0 Å². The lowest BCUT2D eigenvalue weighted by atomic mass is 9.99. The van der Waals surface area contributed by atoms with E-state index in [9.17, 15) is 36.6 Å². The third-order valence-electron chi connectivity index (χ3n) is 6.13. The Kier molecular flexibility index (Phi) is 6.00. The molecule has 2 aromatic rings. The molecule has 34 heavy (non-hydrogen) atoms. The summed E-state index contributed by atoms with van der Waals surface area (Å²) < 4.78 is 68.6. The van der Waals surface area contributed by atoms with Gasteiger partial charge < -0.3 is 20.2 Å². The van der Waals surface area contributed by atoms with Gasteiger partial charge in [-0.3, -0.25) is 9.48 Å². The number of carbonyl (C=O) groups is 2. The maximum Gasteiger partial charge on any atom is 0.422 e. The highest BCUT2D eigenvalue weighted by Crippen LogP contribution is 2.36. The molecule has 4 rings (SSSR count). The van der Waals surface area contributed by atoms with E-state index in [-0.39, 0.29) is 37.1 Å². The number of urea groups is 1. The molecule has 0 bridgehead atoms. The molecule has 0 saturated heterocycles. The van der Waals surface area contributed by atoms with Gasteiger partial charge in [0.1, 0.15) is 17.1 Å². The second-order valence-electron chi connectivity index (χ2n) is 8.58. The maximum absolute atomic E-state index is 14.4. The Hall–Kier alpha value is -3.22. The van der Waals surface area contributed by atoms with Gasteiger partial charge in [-0.15, -0.1) is 0 Å². The molecule has 0 unspecified atom stereocenters. The van der Waals surface area contributed by atoms with E-state index in [4.69, 9.17) is 0 Å². The zero-order valence-electron chi connectivity index (χ0n) is 18.3. The van der Waals surface area contributed by atoms with Crippen LogP contribution in [0.25, 0.3) is 0 Å². The van der Waals surface area contributed by atoms with E-state index >= 15 is 0 Å². The summed E-state index contributed by atoms with van der Waals surface area (Å²) in [4.78, 5) is 28.6. The molecule has 2 aliphatic heterocycles. The average molecular weight is 487 g/mol. The molecular weight excluding hydrogens is 465 g/mol. The number of aliphatic hydroxyl groups excluding tert-OH is 1. The van der Waals surface area contributed by atoms with Gasteiger partial charge in [0.15, 0.2) is 5.82 Å². The van der Waals surface area contributed by atoms with Gasteiger partial charge in [0.05, 0.1) is 17.9 Å². The van der Waals surface area contributed by atoms with E-state index < -0.39 is 41.1 Å². The highest BCUT2D eigenvalue weighted by molar-refractivity contribution is 5.95. The molecular formula is C21H22F5N5O3. The fraction of sp³-hybridized carbons (Fsp3) is 0.476. The molecule has 2 N–H and O–H groups in total. The maximum atomic E-state index is 14.4. The molecule has 13 heteroatoms. The van der Waals surface area contributed by atoms with Crippen LogP contribution in [0.2, 0.25) is 0 Å². The van der Waals surface area contributed by atoms with Crippen molar-refractivity contribution in [2.45, 2.75) is 38.7 Å². The minimum Gasteiger partial charge on any atom is -0.396 e. The third-order valence-corrected chi connectivity index (χ3v) is 6.13. The highest BCUT2D eigenvalue weighted by atomic mass is 19.4. The van der Waals surface area contributed by atoms with E-state index in [0.717, 1.165) is 6.07 Å². The molecule has 2 aliphatic rings. The Bertz CT molecular complexity index is 1150. The van der Waals surface area contributed by atoms with Crippen molar-refractivity contribution in [1.29, 1.82) is 0 Å². The van der Waals surface area contributed by atoms with E-state index in [2.05, 4.69) is 10.4 Å². The average Bonchev–Trinajstić information content (AvgIpc) is 3.03. The van der Waals surface area contributed by atoms with Crippen LogP contribution in [0.1, 0.15) is 34.2 Å². The number of aliphatic hydroxyl groups is 1. The first-order valence-corrected chi connectivity index (χ1v) is 10.5. The molecule has 184 valence electrons. The van der Waals surface area contributed by atoms with Crippen molar-refractivity contribution in [3.63, 3.8) is 0 Å². The van der Waals surface area contributed by atoms with E-state index in [1.807, 2.05) is 0 Å². The van der Waals surface area contributed by atoms with Crippen LogP contribution < -0.4 is 5.32 Å². The number of fused-ring (bicyclic) bond motifs is 3. The van der Waals surface area contributed by atoms with E-state index in [1.54, 1.807) is 14.0 Å². The first-order valence-electron chi connectivity index (χ1n) is 10.5. The number of aromatic nitrogens is 2. The first-order chi connectivity index (χ1) is 15.9. The van der Waals surface area contributed by atoms with Gasteiger partial charge in [-0.25, -0.2) is 13.6 Å². The summed E-state index contributed by atoms with van der Waals surface area (Å²) in [6.45, 7) is 2.07. The van der Waals surface area contributed by atoms with Gasteiger partial charge in [0, 0.05) is 50.7 Å². The number of alkyl halides is 3. The third kappa shape index (κ3) is 4.08. The number of nitrogens with zero attached hydrogens (tertiary/aromatic N) is 4. The second-order valence-corrected chi connectivity index (χ2v) is 8.58. The Morgan fingerprint density at radius 2 is 1.97 bits per heavy atom. The quantitative estimate of drug-likeness (QED) is 0.638. The van der Waals surface area contributed by atoms with Crippen LogP contribution in [-0.2, 0) is 25.7 Å². The molecule has 0 aliphatic carbocycles. The van der Waals surface area contributed by atoms with Gasteiger partial charge in [-0.1, -0.05) is 0 Å². The predicted octanol–water partition coefficient (Wildman–Crippen LogP) is 2.85. The van der Waals surface area contributed by atoms with Crippen LogP contribution in [0.4, 0.5) is 32.4 Å². The van der Waals surface area contributed by atoms with Crippen molar-refractivity contribution in [3.05, 3.63) is 46.3 Å². The van der Waals surface area contributed by atoms with Gasteiger partial charge >= 0.3 is 12.2 Å². The summed E-state index contributed by atoms with van der Waals surface area (Å²) in [6.07, 6.45) is -5.03. The summed E-state index contributed by atoms with van der Waals surface area (Å²) in [6, 6.07) is -0.224. The number of carbonyl (C=O) groups excluding carboxylic acids is 2. The predicted molar refractivity (Wildman–Crippen MR) is 109 cm³/mol. The number of anilines is 1. The Morgan fingerprint density at radius 3 is 2.62 bits per heavy atom. The van der Waals surface area contributed by atoms with Crippen LogP contribution in [0.15, 0.2) is 12.1 Å². The second kappa shape index (κ2) is 8.53. The standard InChI is InChI=1S/C21H22F5N5O3/c1-10-5-15-12(18-19(33)29(2)6-11(9-32)7-31(18)28-15)8-30(10)20(34)27-14-4-3-13(22)16(17(14)23)21(24,25)26/h3-4,10-11,32H,5-9H2,1-2H3,(H,27,34)/t10-,11+/m1/s1. The van der Waals surface area contributed by atoms with Crippen molar-refractivity contribution in [2.75, 3.05) is 25.5 Å². The molecule has 0 saturated carbocycles. The summed E-state index contributed by atoms with van der Waals surface area (Å²) in [7, 11) is 1.59. The number of hydrogen-bond acceptors (Lipinski definition) is 4. The Balaban J connectivity index is 1.63. The number of benzene rings is 1. The zero-order chi connectivity index (χ0) is 24.9. The number of halogens is 5. The molecule has 3 heterocycles. The lowest BCUT2D eigenvalue weighted by molar-refractivity contribution is -0.142. The number of rotatable bonds is 2. The van der Waals surface area contributed by atoms with Crippen LogP contribution in [-0.4, -0.2) is 62.9 Å². The normalized spacial score (nSPS) is 20.6. The summed E-state index contributed by atoms with van der Waals surface area (Å²) in [5.74, 6) is -4.26. The summed E-state index contributed by atoms with van der Waals surface area (Å²) >= 11 is 0. The van der Waals surface area contributed by atoms with Gasteiger partial charge in [-0.05, 0) is 19.1 Å². The Morgan fingerprint density at radius 1 is 1.26 bits per heavy atom. The fourth-order valence-corrected chi connectivity index (χ4v) is 4.40. The topological polar surface area (TPSA) is 90.7 Å². The van der Waals surface area contributed by atoms with Gasteiger partial charge in [-0.2, -0.15) is 18.3 Å². The van der Waals surface area contributed by atoms with Gasteiger partial charge in [0.25, 0.3) is 5.91 Å². The zero-order valence-corrected chi connectivity index (χ0v) is 18.3. The van der Waals surface area contributed by atoms with Crippen LogP contribution in [0.3, 0.4) is 0 Å². The minimum atomic E-state index is -5.28. The smallest absolute Gasteiger partial charge is 0.396 e. The van der Waals surface area contributed by atoms with Crippen molar-refractivity contribution < 1.29 is 36.6 Å². The van der Waals surface area contributed by atoms with Crippen molar-refractivity contribution in [1.82, 2.24) is 19.6 Å². The van der Waals surface area contributed by atoms with E-state index in [0.29, 0.717) is 30.4 Å². The summed E-state index contributed by atoms with van der Waals surface area (Å²) in [5.41, 5.74) is -1.55. The molecule has 1 aromatic carbocycles. The molecule has 8 nitrogen and oxygen atoms in total. The van der Waals surface area contributed by atoms with Crippen LogP contribution in [0.5, 0.6) is 0 Å². The monoisotopic (exact) mass is 487 g/mol. The highest BCUT2D eigenvalue weighted by Gasteiger charge is 2.40. The number of hydrogen-bond donors (Lipinski definition) is 2. The van der Waals surface area contributed by atoms with Crippen LogP contribution in [0, 0.1) is 17.6 Å². The van der Waals surface area contributed by atoms with Gasteiger partial charge in [0.2, 0.25) is 0 Å². The fourth-order valence-electron chi connectivity index (χ4n) is 4.40. The molecule has 0 fully saturated rings. The largest absolute Gasteiger partial charge is 0.422 e. The Labute approximate surface area is 190 Å². The SMILES string of the molecule is C[C@@H]1Cc2nn3c(c2CN1C(=O)Nc1ccc(F)c(C(F)(F)F)c1F)C(=O)N(C)C[C@H](CO)C3. The molecule has 0 spiro atoms. The molecule has 2 atom stereocenters. The van der Waals surface area contributed by atoms with Crippen molar-refractivity contribution >= 4 is 17.6 Å². The number of nitrogens with one attached hydrogen (secondary N) is 1. The van der Waals surface area contributed by atoms with E-state index in [1.165, 1.54) is 14.5 Å². The minimum absolute atomic E-state index is 0.0873. The molecule has 0 radical (unpaired) electrons. The molecule has 1 aromatic heterocycles. The lowest BCUT2D eigenvalue weighted by Crippen LogP contribution is -2.45. The summed E-state index contributed by atoms with van der Waals surface area (Å²) in [5, 5.41) is 16.2.